The second-order valence-corrected chi connectivity index (χ2v) is 13.8. The monoisotopic (exact) mass is 683 g/mol. The Kier molecular flexibility index (Phi) is 11.8. The number of anilines is 1. The highest BCUT2D eigenvalue weighted by molar-refractivity contribution is 7.92. The van der Waals surface area contributed by atoms with Crippen molar-refractivity contribution < 1.29 is 22.4 Å². The first-order valence-electron chi connectivity index (χ1n) is 14.8. The number of amides is 2. The van der Waals surface area contributed by atoms with Crippen LogP contribution in [-0.4, -0.2) is 43.8 Å². The van der Waals surface area contributed by atoms with Gasteiger partial charge < -0.3 is 10.2 Å². The van der Waals surface area contributed by atoms with Crippen molar-refractivity contribution in [2.45, 2.75) is 57.1 Å². The van der Waals surface area contributed by atoms with Crippen molar-refractivity contribution in [3.63, 3.8) is 0 Å². The lowest BCUT2D eigenvalue weighted by atomic mass is 10.0. The molecule has 11 heteroatoms. The normalized spacial score (nSPS) is 12.7. The standard InChI is InChI=1S/C35H36Cl2FN3O4S/c1-4-25(3)39-35(43)33(18-26-10-6-5-7-11-26)40(22-27-12-8-9-13-32(27)38)34(42)23-41(30-20-28(36)19-29(37)21-30)46(44,45)31-16-14-24(2)15-17-31/h5-17,19-21,25,33H,4,18,22-23H2,1-3H3,(H,39,43). The number of carbonyl (C=O) groups is 2. The van der Waals surface area contributed by atoms with Crippen LogP contribution in [0.25, 0.3) is 0 Å². The van der Waals surface area contributed by atoms with Crippen LogP contribution in [-0.2, 0) is 32.6 Å². The smallest absolute Gasteiger partial charge is 0.264 e. The fraction of sp³-hybridized carbons (Fsp3) is 0.257. The molecule has 0 saturated heterocycles. The van der Waals surface area contributed by atoms with Crippen LogP contribution in [0.3, 0.4) is 0 Å². The quantitative estimate of drug-likeness (QED) is 0.162. The van der Waals surface area contributed by atoms with Crippen LogP contribution >= 0.6 is 23.2 Å². The third-order valence-electron chi connectivity index (χ3n) is 7.59. The third-order valence-corrected chi connectivity index (χ3v) is 9.82. The Bertz CT molecular complexity index is 1750. The average molecular weight is 685 g/mol. The van der Waals surface area contributed by atoms with Crippen LogP contribution in [0, 0.1) is 12.7 Å². The number of rotatable bonds is 13. The van der Waals surface area contributed by atoms with E-state index in [0.717, 1.165) is 15.4 Å². The summed E-state index contributed by atoms with van der Waals surface area (Å²) in [5.41, 5.74) is 1.84. The highest BCUT2D eigenvalue weighted by Gasteiger charge is 2.35. The molecule has 7 nitrogen and oxygen atoms in total. The fourth-order valence-corrected chi connectivity index (χ4v) is 6.77. The first-order chi connectivity index (χ1) is 21.9. The summed E-state index contributed by atoms with van der Waals surface area (Å²) in [6.07, 6.45) is 0.750. The van der Waals surface area contributed by atoms with Crippen LogP contribution < -0.4 is 9.62 Å². The molecule has 46 heavy (non-hydrogen) atoms. The molecule has 2 amide bonds. The number of halogens is 3. The Balaban J connectivity index is 1.84. The molecule has 4 aromatic rings. The van der Waals surface area contributed by atoms with Crippen molar-refractivity contribution >= 4 is 50.7 Å². The molecule has 0 spiro atoms. The van der Waals surface area contributed by atoms with Gasteiger partial charge in [0.2, 0.25) is 11.8 Å². The predicted molar refractivity (Wildman–Crippen MR) is 181 cm³/mol. The number of nitrogens with one attached hydrogen (secondary N) is 1. The van der Waals surface area contributed by atoms with E-state index in [0.29, 0.717) is 6.42 Å². The number of carbonyl (C=O) groups excluding carboxylic acids is 2. The lowest BCUT2D eigenvalue weighted by Crippen LogP contribution is -2.54. The maximum Gasteiger partial charge on any atom is 0.264 e. The van der Waals surface area contributed by atoms with E-state index < -0.39 is 40.2 Å². The van der Waals surface area contributed by atoms with Gasteiger partial charge in [-0.3, -0.25) is 13.9 Å². The summed E-state index contributed by atoms with van der Waals surface area (Å²) >= 11 is 12.6. The van der Waals surface area contributed by atoms with Gasteiger partial charge >= 0.3 is 0 Å². The van der Waals surface area contributed by atoms with Crippen LogP contribution in [0.5, 0.6) is 0 Å². The Morgan fingerprint density at radius 2 is 1.50 bits per heavy atom. The lowest BCUT2D eigenvalue weighted by Gasteiger charge is -2.34. The summed E-state index contributed by atoms with van der Waals surface area (Å²) in [5.74, 6) is -1.73. The van der Waals surface area contributed by atoms with E-state index in [9.17, 15) is 18.0 Å². The largest absolute Gasteiger partial charge is 0.352 e. The lowest BCUT2D eigenvalue weighted by molar-refractivity contribution is -0.140. The van der Waals surface area contributed by atoms with Gasteiger partial charge in [0.1, 0.15) is 18.4 Å². The van der Waals surface area contributed by atoms with Gasteiger partial charge in [-0.05, 0) is 62.2 Å². The maximum atomic E-state index is 15.1. The highest BCUT2D eigenvalue weighted by Crippen LogP contribution is 2.30. The summed E-state index contributed by atoms with van der Waals surface area (Å²) < 4.78 is 44.3. The number of aryl methyl sites for hydroxylation is 1. The van der Waals surface area contributed by atoms with E-state index in [1.54, 1.807) is 18.2 Å². The molecule has 0 aliphatic rings. The van der Waals surface area contributed by atoms with Crippen molar-refractivity contribution in [2.75, 3.05) is 10.8 Å². The van der Waals surface area contributed by atoms with Crippen LogP contribution in [0.15, 0.2) is 102 Å². The molecule has 0 aliphatic carbocycles. The van der Waals surface area contributed by atoms with E-state index in [2.05, 4.69) is 5.32 Å². The van der Waals surface area contributed by atoms with Gasteiger partial charge in [-0.1, -0.05) is 96.4 Å². The molecular formula is C35H36Cl2FN3O4S. The van der Waals surface area contributed by atoms with Gasteiger partial charge in [0.25, 0.3) is 10.0 Å². The first kappa shape index (κ1) is 34.9. The Morgan fingerprint density at radius 1 is 0.891 bits per heavy atom. The van der Waals surface area contributed by atoms with Gasteiger partial charge in [-0.25, -0.2) is 12.8 Å². The van der Waals surface area contributed by atoms with Gasteiger partial charge in [0.15, 0.2) is 0 Å². The Labute approximate surface area is 280 Å². The SMILES string of the molecule is CCC(C)NC(=O)C(Cc1ccccc1)N(Cc1ccccc1F)C(=O)CN(c1cc(Cl)cc(Cl)c1)S(=O)(=O)c1ccc(C)cc1. The summed E-state index contributed by atoms with van der Waals surface area (Å²) in [6, 6.07) is 24.2. The van der Waals surface area contributed by atoms with Crippen molar-refractivity contribution in [1.29, 1.82) is 0 Å². The Hall–Kier alpha value is -3.92. The molecule has 2 unspecified atom stereocenters. The van der Waals surface area contributed by atoms with Crippen LogP contribution in [0.4, 0.5) is 10.1 Å². The molecule has 4 rings (SSSR count). The zero-order chi connectivity index (χ0) is 33.4. The van der Waals surface area contributed by atoms with Crippen molar-refractivity contribution in [3.8, 4) is 0 Å². The fourth-order valence-electron chi connectivity index (χ4n) is 4.85. The molecule has 0 heterocycles. The molecule has 2 atom stereocenters. The van der Waals surface area contributed by atoms with Gasteiger partial charge in [-0.2, -0.15) is 0 Å². The summed E-state index contributed by atoms with van der Waals surface area (Å²) in [7, 11) is -4.35. The van der Waals surface area contributed by atoms with E-state index in [-0.39, 0.29) is 45.2 Å². The van der Waals surface area contributed by atoms with Gasteiger partial charge in [0.05, 0.1) is 10.6 Å². The molecule has 0 aromatic heterocycles. The van der Waals surface area contributed by atoms with Gasteiger partial charge in [-0.15, -0.1) is 0 Å². The molecule has 0 radical (unpaired) electrons. The van der Waals surface area contributed by atoms with Crippen LogP contribution in [0.2, 0.25) is 10.0 Å². The summed E-state index contributed by atoms with van der Waals surface area (Å²) in [6.45, 7) is 4.59. The van der Waals surface area contributed by atoms with Crippen LogP contribution in [0.1, 0.15) is 37.0 Å². The van der Waals surface area contributed by atoms with E-state index in [1.165, 1.54) is 53.4 Å². The minimum absolute atomic E-state index is 0.0564. The summed E-state index contributed by atoms with van der Waals surface area (Å²) in [4.78, 5) is 29.5. The molecule has 4 aromatic carbocycles. The third kappa shape index (κ3) is 8.87. The number of sulfonamides is 1. The zero-order valence-electron chi connectivity index (χ0n) is 25.8. The number of hydrogen-bond donors (Lipinski definition) is 1. The zero-order valence-corrected chi connectivity index (χ0v) is 28.1. The molecule has 1 N–H and O–H groups in total. The molecular weight excluding hydrogens is 648 g/mol. The minimum Gasteiger partial charge on any atom is -0.352 e. The molecule has 242 valence electrons. The molecule has 0 saturated carbocycles. The van der Waals surface area contributed by atoms with Crippen molar-refractivity contribution in [2.24, 2.45) is 0 Å². The second kappa shape index (κ2) is 15.6. The maximum absolute atomic E-state index is 15.1. The van der Waals surface area contributed by atoms with Gasteiger partial charge in [0, 0.05) is 34.6 Å². The molecule has 0 bridgehead atoms. The molecule has 0 fully saturated rings. The second-order valence-electron chi connectivity index (χ2n) is 11.1. The highest BCUT2D eigenvalue weighted by atomic mass is 35.5. The number of benzene rings is 4. The topological polar surface area (TPSA) is 86.8 Å². The summed E-state index contributed by atoms with van der Waals surface area (Å²) in [5, 5.41) is 3.28. The van der Waals surface area contributed by atoms with Crippen molar-refractivity contribution in [3.05, 3.63) is 130 Å². The first-order valence-corrected chi connectivity index (χ1v) is 17.0. The predicted octanol–water partition coefficient (Wildman–Crippen LogP) is 7.19. The van der Waals surface area contributed by atoms with E-state index >= 15 is 4.39 Å². The minimum atomic E-state index is -4.35. The Morgan fingerprint density at radius 3 is 2.11 bits per heavy atom. The average Bonchev–Trinajstić information content (AvgIpc) is 3.02. The number of hydrogen-bond acceptors (Lipinski definition) is 4. The molecule has 0 aliphatic heterocycles. The van der Waals surface area contributed by atoms with E-state index in [4.69, 9.17) is 23.2 Å². The van der Waals surface area contributed by atoms with Crippen molar-refractivity contribution in [1.82, 2.24) is 10.2 Å². The number of nitrogens with zero attached hydrogens (tertiary/aromatic N) is 2. The van der Waals surface area contributed by atoms with E-state index in [1.807, 2.05) is 51.1 Å².